The highest BCUT2D eigenvalue weighted by molar-refractivity contribution is 7.87. The van der Waals surface area contributed by atoms with Gasteiger partial charge in [-0.3, -0.25) is 0 Å². The van der Waals surface area contributed by atoms with E-state index in [9.17, 15) is 21.6 Å². The van der Waals surface area contributed by atoms with Crippen LogP contribution in [0.15, 0.2) is 11.8 Å². The van der Waals surface area contributed by atoms with Gasteiger partial charge in [0.2, 0.25) is 0 Å². The lowest BCUT2D eigenvalue weighted by Gasteiger charge is -2.43. The molecule has 1 atom stereocenters. The van der Waals surface area contributed by atoms with Crippen molar-refractivity contribution < 1.29 is 25.8 Å². The van der Waals surface area contributed by atoms with Gasteiger partial charge in [-0.15, -0.1) is 0 Å². The van der Waals surface area contributed by atoms with Crippen LogP contribution in [-0.4, -0.2) is 13.9 Å². The molecule has 0 spiro atoms. The number of hydrogen-bond donors (Lipinski definition) is 0. The minimum atomic E-state index is -5.54. The normalized spacial score (nSPS) is 32.3. The molecule has 0 aromatic carbocycles. The highest BCUT2D eigenvalue weighted by Gasteiger charge is 2.49. The van der Waals surface area contributed by atoms with Crippen LogP contribution in [0.5, 0.6) is 0 Å². The molecule has 2 rings (SSSR count). The average Bonchev–Trinajstić information content (AvgIpc) is 2.49. The largest absolute Gasteiger partial charge is 0.534 e. The lowest BCUT2D eigenvalue weighted by Crippen LogP contribution is -2.33. The van der Waals surface area contributed by atoms with Gasteiger partial charge in [0.1, 0.15) is 5.76 Å². The molecule has 2 aliphatic rings. The van der Waals surface area contributed by atoms with Crippen LogP contribution >= 0.6 is 0 Å². The van der Waals surface area contributed by atoms with Crippen LogP contribution in [0.25, 0.3) is 0 Å². The van der Waals surface area contributed by atoms with E-state index in [2.05, 4.69) is 18.0 Å². The van der Waals surface area contributed by atoms with Gasteiger partial charge in [0.25, 0.3) is 0 Å². The first-order chi connectivity index (χ1) is 11.1. The quantitative estimate of drug-likeness (QED) is 0.473. The van der Waals surface area contributed by atoms with E-state index in [1.54, 1.807) is 6.08 Å². The van der Waals surface area contributed by atoms with E-state index < -0.39 is 15.6 Å². The Balaban J connectivity index is 1.94. The lowest BCUT2D eigenvalue weighted by atomic mass is 9.62. The number of hydrogen-bond acceptors (Lipinski definition) is 3. The van der Waals surface area contributed by atoms with Crippen molar-refractivity contribution >= 4 is 10.1 Å². The lowest BCUT2D eigenvalue weighted by molar-refractivity contribution is -0.0526. The van der Waals surface area contributed by atoms with Gasteiger partial charge in [-0.05, 0) is 49.0 Å². The summed E-state index contributed by atoms with van der Waals surface area (Å²) in [4.78, 5) is 0. The van der Waals surface area contributed by atoms with E-state index in [4.69, 9.17) is 0 Å². The molecule has 0 aliphatic heterocycles. The van der Waals surface area contributed by atoms with Crippen molar-refractivity contribution in [1.29, 1.82) is 0 Å². The highest BCUT2D eigenvalue weighted by Crippen LogP contribution is 2.49. The van der Waals surface area contributed by atoms with E-state index in [1.165, 1.54) is 25.7 Å². The maximum atomic E-state index is 12.4. The van der Waals surface area contributed by atoms with Crippen LogP contribution in [0, 0.1) is 17.3 Å². The summed E-state index contributed by atoms with van der Waals surface area (Å²) in [5, 5.41) is 0. The standard InChI is InChI=1S/C17H27F3O3S/c1-3-4-13-5-7-14(8-6-13)16(2)11-9-15(10-12-16)23-24(21,22)17(18,19)20/h9,13-14H,3-8,10-12H2,1-2H3. The Hall–Kier alpha value is -0.720. The molecule has 0 aromatic rings. The second kappa shape index (κ2) is 7.26. The first kappa shape index (κ1) is 19.6. The zero-order valence-electron chi connectivity index (χ0n) is 14.4. The van der Waals surface area contributed by atoms with Gasteiger partial charge in [-0.25, -0.2) is 0 Å². The number of alkyl halides is 3. The summed E-state index contributed by atoms with van der Waals surface area (Å²) in [7, 11) is -5.54. The average molecular weight is 368 g/mol. The number of allylic oxidation sites excluding steroid dienone is 2. The van der Waals surface area contributed by atoms with E-state index in [-0.39, 0.29) is 17.6 Å². The smallest absolute Gasteiger partial charge is 0.381 e. The van der Waals surface area contributed by atoms with Crippen molar-refractivity contribution in [3.63, 3.8) is 0 Å². The Kier molecular flexibility index (Phi) is 5.93. The van der Waals surface area contributed by atoms with E-state index >= 15 is 0 Å². The first-order valence-corrected chi connectivity index (χ1v) is 10.2. The van der Waals surface area contributed by atoms with Crippen molar-refractivity contribution in [2.45, 2.75) is 77.1 Å². The molecule has 0 radical (unpaired) electrons. The highest BCUT2D eigenvalue weighted by atomic mass is 32.2. The van der Waals surface area contributed by atoms with Crippen LogP contribution < -0.4 is 0 Å². The number of halogens is 3. The summed E-state index contributed by atoms with van der Waals surface area (Å²) in [6.45, 7) is 4.37. The van der Waals surface area contributed by atoms with Crippen LogP contribution in [0.1, 0.15) is 71.6 Å². The Bertz CT molecular complexity index is 560. The van der Waals surface area contributed by atoms with Crippen molar-refractivity contribution in [3.8, 4) is 0 Å². The van der Waals surface area contributed by atoms with Gasteiger partial charge < -0.3 is 4.18 Å². The van der Waals surface area contributed by atoms with Crippen LogP contribution in [-0.2, 0) is 14.3 Å². The minimum absolute atomic E-state index is 0.0338. The van der Waals surface area contributed by atoms with Gasteiger partial charge in [0.05, 0.1) is 0 Å². The number of rotatable bonds is 5. The SMILES string of the molecule is CCCC1CCC(C2(C)CC=C(OS(=O)(=O)C(F)(F)F)CC2)CC1. The molecule has 3 nitrogen and oxygen atoms in total. The molecule has 0 heterocycles. The van der Waals surface area contributed by atoms with Crippen molar-refractivity contribution in [2.24, 2.45) is 17.3 Å². The molecule has 7 heteroatoms. The predicted molar refractivity (Wildman–Crippen MR) is 86.5 cm³/mol. The molecule has 1 fully saturated rings. The van der Waals surface area contributed by atoms with E-state index in [0.29, 0.717) is 18.8 Å². The van der Waals surface area contributed by atoms with Gasteiger partial charge in [0.15, 0.2) is 0 Å². The maximum absolute atomic E-state index is 12.4. The summed E-state index contributed by atoms with van der Waals surface area (Å²) in [5.74, 6) is 1.30. The van der Waals surface area contributed by atoms with E-state index in [0.717, 1.165) is 18.8 Å². The summed E-state index contributed by atoms with van der Waals surface area (Å²) < 4.78 is 63.6. The third kappa shape index (κ3) is 4.46. The molecule has 140 valence electrons. The van der Waals surface area contributed by atoms with Crippen LogP contribution in [0.4, 0.5) is 13.2 Å². The molecular formula is C17H27F3O3S. The Labute approximate surface area is 142 Å². The Morgan fingerprint density at radius 3 is 2.33 bits per heavy atom. The molecule has 24 heavy (non-hydrogen) atoms. The third-order valence-electron chi connectivity index (χ3n) is 5.77. The fraction of sp³-hybridized carbons (Fsp3) is 0.882. The summed E-state index contributed by atoms with van der Waals surface area (Å²) >= 11 is 0. The van der Waals surface area contributed by atoms with Crippen LogP contribution in [0.2, 0.25) is 0 Å². The van der Waals surface area contributed by atoms with Gasteiger partial charge in [0, 0.05) is 6.42 Å². The van der Waals surface area contributed by atoms with Gasteiger partial charge >= 0.3 is 15.6 Å². The van der Waals surface area contributed by atoms with Gasteiger partial charge in [-0.2, -0.15) is 21.6 Å². The molecule has 0 saturated heterocycles. The summed E-state index contributed by atoms with van der Waals surface area (Å²) in [5.41, 5.74) is -5.34. The second-order valence-electron chi connectivity index (χ2n) is 7.52. The minimum Gasteiger partial charge on any atom is -0.381 e. The second-order valence-corrected chi connectivity index (χ2v) is 9.06. The predicted octanol–water partition coefficient (Wildman–Crippen LogP) is 5.53. The van der Waals surface area contributed by atoms with Crippen molar-refractivity contribution in [3.05, 3.63) is 11.8 Å². The summed E-state index contributed by atoms with van der Waals surface area (Å²) in [6, 6.07) is 0. The Morgan fingerprint density at radius 1 is 1.25 bits per heavy atom. The Morgan fingerprint density at radius 2 is 1.88 bits per heavy atom. The topological polar surface area (TPSA) is 43.4 Å². The van der Waals surface area contributed by atoms with Crippen molar-refractivity contribution in [1.82, 2.24) is 0 Å². The zero-order chi connectivity index (χ0) is 18.0. The molecule has 0 aromatic heterocycles. The van der Waals surface area contributed by atoms with E-state index in [1.807, 2.05) is 0 Å². The molecule has 0 N–H and O–H groups in total. The first-order valence-electron chi connectivity index (χ1n) is 8.77. The van der Waals surface area contributed by atoms with Crippen molar-refractivity contribution in [2.75, 3.05) is 0 Å². The monoisotopic (exact) mass is 368 g/mol. The maximum Gasteiger partial charge on any atom is 0.534 e. The molecular weight excluding hydrogens is 341 g/mol. The van der Waals surface area contributed by atoms with Gasteiger partial charge in [-0.1, -0.05) is 39.5 Å². The fourth-order valence-corrected chi connectivity index (χ4v) is 4.68. The van der Waals surface area contributed by atoms with Crippen LogP contribution in [0.3, 0.4) is 0 Å². The third-order valence-corrected chi connectivity index (χ3v) is 6.77. The molecule has 0 amide bonds. The molecule has 2 aliphatic carbocycles. The molecule has 0 bridgehead atoms. The zero-order valence-corrected chi connectivity index (χ0v) is 15.2. The molecule has 1 unspecified atom stereocenters. The molecule has 1 saturated carbocycles. The summed E-state index contributed by atoms with van der Waals surface area (Å²) in [6.07, 6.45) is 10.3. The fourth-order valence-electron chi connectivity index (χ4n) is 4.15.